The highest BCUT2D eigenvalue weighted by Crippen LogP contribution is 2.33. The van der Waals surface area contributed by atoms with Gasteiger partial charge >= 0.3 is 6.09 Å². The van der Waals surface area contributed by atoms with E-state index < -0.39 is 18.0 Å². The number of nitrogens with two attached hydrogens (primary N) is 1. The smallest absolute Gasteiger partial charge is 0.434 e. The minimum atomic E-state index is -0.794. The van der Waals surface area contributed by atoms with Crippen molar-refractivity contribution in [2.45, 2.75) is 12.5 Å². The molecule has 2 aromatic carbocycles. The van der Waals surface area contributed by atoms with Gasteiger partial charge in [0, 0.05) is 13.1 Å². The summed E-state index contributed by atoms with van der Waals surface area (Å²) in [5.41, 5.74) is 7.25. The zero-order chi connectivity index (χ0) is 19.5. The molecule has 146 valence electrons. The summed E-state index contributed by atoms with van der Waals surface area (Å²) >= 11 is 0. The highest BCUT2D eigenvalue weighted by molar-refractivity contribution is 5.99. The maximum atomic E-state index is 12.5. The fourth-order valence-corrected chi connectivity index (χ4v) is 3.18. The fourth-order valence-electron chi connectivity index (χ4n) is 3.18. The molecule has 0 bridgehead atoms. The second-order valence-corrected chi connectivity index (χ2v) is 6.61. The number of benzene rings is 2. The summed E-state index contributed by atoms with van der Waals surface area (Å²) in [5.74, 6) is 0.867. The number of nitrogens with zero attached hydrogens (tertiary/aromatic N) is 2. The predicted molar refractivity (Wildman–Crippen MR) is 101 cm³/mol. The molecule has 8 nitrogen and oxygen atoms in total. The number of rotatable bonds is 3. The van der Waals surface area contributed by atoms with Crippen LogP contribution in [0.3, 0.4) is 0 Å². The van der Waals surface area contributed by atoms with E-state index in [0.717, 1.165) is 10.6 Å². The highest BCUT2D eigenvalue weighted by Gasteiger charge is 2.35. The summed E-state index contributed by atoms with van der Waals surface area (Å²) in [6.07, 6.45) is -0.257. The van der Waals surface area contributed by atoms with E-state index in [1.807, 2.05) is 36.4 Å². The Balaban J connectivity index is 1.55. The van der Waals surface area contributed by atoms with Crippen LogP contribution in [-0.4, -0.2) is 49.2 Å². The number of amides is 2. The van der Waals surface area contributed by atoms with E-state index in [1.54, 1.807) is 12.1 Å². The lowest BCUT2D eigenvalue weighted by atomic mass is 9.99. The topological polar surface area (TPSA) is 94.3 Å². The molecule has 2 aliphatic rings. The summed E-state index contributed by atoms with van der Waals surface area (Å²) in [4.78, 5) is 31.9. The van der Waals surface area contributed by atoms with Gasteiger partial charge in [-0.25, -0.2) is 4.79 Å². The van der Waals surface area contributed by atoms with Crippen molar-refractivity contribution in [3.63, 3.8) is 0 Å². The van der Waals surface area contributed by atoms with Crippen molar-refractivity contribution in [2.75, 3.05) is 31.4 Å². The van der Waals surface area contributed by atoms with Crippen LogP contribution in [-0.2, 0) is 20.8 Å². The lowest BCUT2D eigenvalue weighted by Crippen LogP contribution is -2.52. The highest BCUT2D eigenvalue weighted by atomic mass is 16.7. The molecule has 1 saturated heterocycles. The molecule has 0 saturated carbocycles. The third kappa shape index (κ3) is 3.78. The molecule has 8 heteroatoms. The third-order valence-corrected chi connectivity index (χ3v) is 4.64. The van der Waals surface area contributed by atoms with Gasteiger partial charge in [0.05, 0.1) is 24.9 Å². The summed E-state index contributed by atoms with van der Waals surface area (Å²) in [6.45, 7) is 1.73. The number of para-hydroxylation sites is 1. The van der Waals surface area contributed by atoms with Gasteiger partial charge in [-0.3, -0.25) is 4.79 Å². The van der Waals surface area contributed by atoms with Crippen molar-refractivity contribution in [3.05, 3.63) is 54.1 Å². The molecule has 0 aromatic heterocycles. The van der Waals surface area contributed by atoms with Gasteiger partial charge in [0.1, 0.15) is 11.5 Å². The molecule has 2 heterocycles. The molecule has 0 aliphatic carbocycles. The van der Waals surface area contributed by atoms with Crippen LogP contribution in [0, 0.1) is 0 Å². The largest absolute Gasteiger partial charge is 0.457 e. The van der Waals surface area contributed by atoms with Gasteiger partial charge in [0.2, 0.25) is 0 Å². The first-order valence-electron chi connectivity index (χ1n) is 9.12. The maximum absolute atomic E-state index is 12.5. The Morgan fingerprint density at radius 3 is 2.57 bits per heavy atom. The summed E-state index contributed by atoms with van der Waals surface area (Å²) in [5, 5.41) is 0.994. The molecular formula is C20H21N3O5. The first kappa shape index (κ1) is 18.3. The first-order valence-corrected chi connectivity index (χ1v) is 9.12. The van der Waals surface area contributed by atoms with Gasteiger partial charge in [-0.2, -0.15) is 0 Å². The Labute approximate surface area is 162 Å². The van der Waals surface area contributed by atoms with Crippen LogP contribution in [0.4, 0.5) is 10.5 Å². The van der Waals surface area contributed by atoms with Gasteiger partial charge in [-0.15, -0.1) is 5.06 Å². The Hall–Kier alpha value is -3.10. The van der Waals surface area contributed by atoms with E-state index in [4.69, 9.17) is 20.0 Å². The van der Waals surface area contributed by atoms with Crippen molar-refractivity contribution in [1.82, 2.24) is 4.90 Å². The molecule has 2 aromatic rings. The minimum absolute atomic E-state index is 0.339. The number of carbonyl (C=O) groups is 2. The van der Waals surface area contributed by atoms with Crippen molar-refractivity contribution in [3.8, 4) is 11.5 Å². The summed E-state index contributed by atoms with van der Waals surface area (Å²) < 4.78 is 11.1. The van der Waals surface area contributed by atoms with E-state index in [2.05, 4.69) is 0 Å². The number of ether oxygens (including phenoxy) is 2. The second kappa shape index (κ2) is 7.87. The van der Waals surface area contributed by atoms with Crippen molar-refractivity contribution < 1.29 is 23.9 Å². The average molecular weight is 383 g/mol. The van der Waals surface area contributed by atoms with Crippen LogP contribution >= 0.6 is 0 Å². The number of hydroxylamine groups is 1. The third-order valence-electron chi connectivity index (χ3n) is 4.64. The van der Waals surface area contributed by atoms with Gasteiger partial charge in [-0.1, -0.05) is 18.2 Å². The Morgan fingerprint density at radius 2 is 1.82 bits per heavy atom. The van der Waals surface area contributed by atoms with Crippen LogP contribution in [0.5, 0.6) is 11.5 Å². The maximum Gasteiger partial charge on any atom is 0.434 e. The van der Waals surface area contributed by atoms with Crippen LogP contribution in [0.1, 0.15) is 5.56 Å². The number of carbonyl (C=O) groups excluding carboxylic acids is 2. The van der Waals surface area contributed by atoms with Gasteiger partial charge in [-0.05, 0) is 42.3 Å². The number of hydrogen-bond acceptors (Lipinski definition) is 6. The van der Waals surface area contributed by atoms with E-state index in [0.29, 0.717) is 49.9 Å². The monoisotopic (exact) mass is 383 g/mol. The fraction of sp³-hybridized carbons (Fsp3) is 0.300. The number of anilines is 1. The number of hydrogen-bond donors (Lipinski definition) is 1. The van der Waals surface area contributed by atoms with Gasteiger partial charge in [0.25, 0.3) is 5.91 Å². The molecule has 4 rings (SSSR count). The van der Waals surface area contributed by atoms with Crippen LogP contribution in [0.25, 0.3) is 0 Å². The Bertz CT molecular complexity index is 867. The van der Waals surface area contributed by atoms with Crippen molar-refractivity contribution in [1.29, 1.82) is 0 Å². The lowest BCUT2D eigenvalue weighted by molar-refractivity contribution is -0.126. The SMILES string of the molecule is N[C@H]1Cc2cc(Oc3ccccc3)ccc2N(OC(=O)N2CCOCC2)C1=O. The summed E-state index contributed by atoms with van der Waals surface area (Å²) in [6, 6.07) is 13.8. The van der Waals surface area contributed by atoms with Crippen molar-refractivity contribution >= 4 is 17.7 Å². The molecule has 2 aliphatic heterocycles. The van der Waals surface area contributed by atoms with E-state index in [1.165, 1.54) is 4.90 Å². The molecule has 1 fully saturated rings. The van der Waals surface area contributed by atoms with Crippen molar-refractivity contribution in [2.24, 2.45) is 5.73 Å². The Kier molecular flexibility index (Phi) is 5.14. The molecular weight excluding hydrogens is 362 g/mol. The summed E-state index contributed by atoms with van der Waals surface area (Å²) in [7, 11) is 0. The van der Waals surface area contributed by atoms with Gasteiger partial charge < -0.3 is 24.9 Å². The molecule has 0 spiro atoms. The number of fused-ring (bicyclic) bond motifs is 1. The minimum Gasteiger partial charge on any atom is -0.457 e. The van der Waals surface area contributed by atoms with E-state index >= 15 is 0 Å². The van der Waals surface area contributed by atoms with Crippen LogP contribution < -0.4 is 15.5 Å². The normalized spacial score (nSPS) is 19.2. The average Bonchev–Trinajstić information content (AvgIpc) is 2.72. The quantitative estimate of drug-likeness (QED) is 0.872. The number of morpholine rings is 1. The predicted octanol–water partition coefficient (Wildman–Crippen LogP) is 2.08. The molecule has 0 radical (unpaired) electrons. The molecule has 28 heavy (non-hydrogen) atoms. The van der Waals surface area contributed by atoms with E-state index in [-0.39, 0.29) is 0 Å². The van der Waals surface area contributed by atoms with Crippen LogP contribution in [0.15, 0.2) is 48.5 Å². The first-order chi connectivity index (χ1) is 13.6. The zero-order valence-corrected chi connectivity index (χ0v) is 15.2. The standard InChI is InChI=1S/C20H21N3O5/c21-17-13-14-12-16(27-15-4-2-1-3-5-15)6-7-18(14)23(19(17)24)28-20(25)22-8-10-26-11-9-22/h1-7,12,17H,8-11,13,21H2/t17-/m0/s1. The lowest BCUT2D eigenvalue weighted by Gasteiger charge is -2.33. The molecule has 2 amide bonds. The van der Waals surface area contributed by atoms with Crippen LogP contribution in [0.2, 0.25) is 0 Å². The molecule has 1 atom stereocenters. The Morgan fingerprint density at radius 1 is 1.07 bits per heavy atom. The zero-order valence-electron chi connectivity index (χ0n) is 15.2. The second-order valence-electron chi connectivity index (χ2n) is 6.61. The molecule has 2 N–H and O–H groups in total. The molecule has 0 unspecified atom stereocenters. The van der Waals surface area contributed by atoms with E-state index in [9.17, 15) is 9.59 Å². The van der Waals surface area contributed by atoms with Gasteiger partial charge in [0.15, 0.2) is 0 Å².